The molecule has 0 spiro atoms. The van der Waals surface area contributed by atoms with E-state index in [9.17, 15) is 4.79 Å². The van der Waals surface area contributed by atoms with E-state index in [1.807, 2.05) is 0 Å². The fraction of sp³-hybridized carbons (Fsp3) is 0.833. The van der Waals surface area contributed by atoms with Gasteiger partial charge in [-0.25, -0.2) is 0 Å². The maximum atomic E-state index is 10.3. The Morgan fingerprint density at radius 3 is 1.67 bits per heavy atom. The van der Waals surface area contributed by atoms with Crippen LogP contribution in [-0.4, -0.2) is 11.1 Å². The molecular formula is C18H34O2Yb. The van der Waals surface area contributed by atoms with Gasteiger partial charge in [0.15, 0.2) is 0 Å². The molecule has 132 valence electrons. The molecule has 0 aromatic carbocycles. The zero-order valence-corrected chi connectivity index (χ0v) is 15.4. The van der Waals surface area contributed by atoms with Crippen LogP contribution in [0.4, 0.5) is 0 Å². The van der Waals surface area contributed by atoms with E-state index in [1.165, 1.54) is 70.6 Å². The molecule has 2 nitrogen and oxygen atoms in total. The Kier molecular flexibility index (Phi) is 23.7. The summed E-state index contributed by atoms with van der Waals surface area (Å²) in [5, 5.41) is 8.51. The summed E-state index contributed by atoms with van der Waals surface area (Å²) in [4.78, 5) is 10.3. The standard InChI is InChI=1S/C18H34O2.Yb/c1-2-3-4-5-6-7-8-9-10-11-12-13-14-15-16-17-18(19)20;/h9-10H,2-8,11-17H2,1H3,(H,19,20);/b10-9-;. The molecular weight excluding hydrogens is 421 g/mol. The van der Waals surface area contributed by atoms with Crippen LogP contribution in [0.3, 0.4) is 0 Å². The molecule has 0 aliphatic heterocycles. The number of hydrogen-bond acceptors (Lipinski definition) is 1. The minimum Gasteiger partial charge on any atom is -0.481 e. The summed E-state index contributed by atoms with van der Waals surface area (Å²) in [5.74, 6) is -0.664. The van der Waals surface area contributed by atoms with E-state index < -0.39 is 5.97 Å². The van der Waals surface area contributed by atoms with Gasteiger partial charge in [0.1, 0.15) is 0 Å². The molecule has 0 saturated heterocycles. The van der Waals surface area contributed by atoms with Crippen molar-refractivity contribution in [1.29, 1.82) is 0 Å². The number of hydrogen-bond donors (Lipinski definition) is 1. The van der Waals surface area contributed by atoms with Crippen molar-refractivity contribution in [2.45, 2.75) is 96.8 Å². The molecule has 3 heteroatoms. The van der Waals surface area contributed by atoms with Crippen LogP contribution < -0.4 is 0 Å². The minimum atomic E-state index is -0.664. The van der Waals surface area contributed by atoms with Crippen LogP contribution in [0.2, 0.25) is 0 Å². The van der Waals surface area contributed by atoms with Gasteiger partial charge in [0, 0.05) is 53.3 Å². The Morgan fingerprint density at radius 2 is 1.19 bits per heavy atom. The molecule has 0 atom stereocenters. The summed E-state index contributed by atoms with van der Waals surface area (Å²) in [6.45, 7) is 2.26. The third kappa shape index (κ3) is 23.1. The molecule has 0 unspecified atom stereocenters. The Balaban J connectivity index is 0. The Morgan fingerprint density at radius 1 is 0.762 bits per heavy atom. The van der Waals surface area contributed by atoms with Crippen LogP contribution in [0.1, 0.15) is 96.8 Å². The average Bonchev–Trinajstić information content (AvgIpc) is 2.43. The van der Waals surface area contributed by atoms with Crippen molar-refractivity contribution in [3.63, 3.8) is 0 Å². The minimum absolute atomic E-state index is 0. The summed E-state index contributed by atoms with van der Waals surface area (Å²) in [5.41, 5.74) is 0. The number of unbranched alkanes of at least 4 members (excludes halogenated alkanes) is 11. The topological polar surface area (TPSA) is 37.3 Å². The maximum Gasteiger partial charge on any atom is 0.303 e. The molecule has 0 rings (SSSR count). The van der Waals surface area contributed by atoms with E-state index in [1.54, 1.807) is 0 Å². The molecule has 0 heterocycles. The van der Waals surface area contributed by atoms with Crippen molar-refractivity contribution in [3.8, 4) is 0 Å². The van der Waals surface area contributed by atoms with E-state index in [2.05, 4.69) is 19.1 Å². The summed E-state index contributed by atoms with van der Waals surface area (Å²) < 4.78 is 0. The number of rotatable bonds is 15. The molecule has 0 aliphatic carbocycles. The van der Waals surface area contributed by atoms with E-state index in [4.69, 9.17) is 5.11 Å². The van der Waals surface area contributed by atoms with Gasteiger partial charge in [0.2, 0.25) is 0 Å². The Labute approximate surface area is 170 Å². The largest absolute Gasteiger partial charge is 0.481 e. The molecule has 0 aromatic rings. The summed E-state index contributed by atoms with van der Waals surface area (Å²) in [6, 6.07) is 0. The second kappa shape index (κ2) is 20.7. The molecule has 0 bridgehead atoms. The third-order valence-corrected chi connectivity index (χ3v) is 3.65. The Hall–Kier alpha value is 0.729. The van der Waals surface area contributed by atoms with Crippen LogP contribution in [0.25, 0.3) is 0 Å². The predicted molar refractivity (Wildman–Crippen MR) is 87.1 cm³/mol. The van der Waals surface area contributed by atoms with E-state index in [0.717, 1.165) is 12.8 Å². The van der Waals surface area contributed by atoms with Gasteiger partial charge in [-0.2, -0.15) is 0 Å². The first kappa shape index (κ1) is 24.0. The Bertz CT molecular complexity index is 239. The zero-order valence-electron chi connectivity index (χ0n) is 13.7. The van der Waals surface area contributed by atoms with Crippen molar-refractivity contribution in [2.75, 3.05) is 0 Å². The van der Waals surface area contributed by atoms with Crippen molar-refractivity contribution in [2.24, 2.45) is 0 Å². The summed E-state index contributed by atoms with van der Waals surface area (Å²) in [7, 11) is 0. The van der Waals surface area contributed by atoms with E-state index in [-0.39, 0.29) is 46.9 Å². The van der Waals surface area contributed by atoms with Crippen LogP contribution in [0, 0.1) is 46.9 Å². The molecule has 1 N–H and O–H groups in total. The van der Waals surface area contributed by atoms with Crippen molar-refractivity contribution in [3.05, 3.63) is 12.2 Å². The molecule has 0 amide bonds. The second-order valence-corrected chi connectivity index (χ2v) is 5.73. The molecule has 0 aliphatic rings. The first-order valence-corrected chi connectivity index (χ1v) is 8.64. The van der Waals surface area contributed by atoms with Crippen molar-refractivity contribution in [1.82, 2.24) is 0 Å². The number of allylic oxidation sites excluding steroid dienone is 2. The molecule has 21 heavy (non-hydrogen) atoms. The van der Waals surface area contributed by atoms with Crippen LogP contribution in [0.15, 0.2) is 12.2 Å². The van der Waals surface area contributed by atoms with Gasteiger partial charge in [-0.05, 0) is 32.1 Å². The molecule has 0 saturated carbocycles. The molecule has 0 fully saturated rings. The monoisotopic (exact) mass is 456 g/mol. The van der Waals surface area contributed by atoms with Gasteiger partial charge in [-0.15, -0.1) is 0 Å². The quantitative estimate of drug-likeness (QED) is 0.239. The zero-order chi connectivity index (χ0) is 14.9. The maximum absolute atomic E-state index is 10.3. The van der Waals surface area contributed by atoms with E-state index in [0.29, 0.717) is 6.42 Å². The SMILES string of the molecule is CCCCCCCC/C=C\CCCCCCCC(=O)O.[Yb]. The molecule has 0 aromatic heterocycles. The number of aliphatic carboxylic acids is 1. The average molecular weight is 456 g/mol. The van der Waals surface area contributed by atoms with Gasteiger partial charge >= 0.3 is 5.97 Å². The molecule has 0 radical (unpaired) electrons. The van der Waals surface area contributed by atoms with Crippen LogP contribution >= 0.6 is 0 Å². The smallest absolute Gasteiger partial charge is 0.303 e. The van der Waals surface area contributed by atoms with Crippen molar-refractivity contribution < 1.29 is 56.8 Å². The second-order valence-electron chi connectivity index (χ2n) is 5.73. The normalized spacial score (nSPS) is 10.7. The predicted octanol–water partition coefficient (Wildman–Crippen LogP) is 6.11. The van der Waals surface area contributed by atoms with Gasteiger partial charge in [-0.1, -0.05) is 70.4 Å². The third-order valence-electron chi connectivity index (χ3n) is 3.65. The fourth-order valence-electron chi connectivity index (χ4n) is 2.35. The van der Waals surface area contributed by atoms with Crippen LogP contribution in [-0.2, 0) is 4.79 Å². The number of carboxylic acids is 1. The first-order chi connectivity index (χ1) is 9.77. The van der Waals surface area contributed by atoms with Crippen molar-refractivity contribution >= 4 is 5.97 Å². The summed E-state index contributed by atoms with van der Waals surface area (Å²) in [6.07, 6.45) is 21.2. The van der Waals surface area contributed by atoms with Gasteiger partial charge in [0.05, 0.1) is 0 Å². The van der Waals surface area contributed by atoms with Gasteiger partial charge < -0.3 is 5.11 Å². The number of carboxylic acid groups (broad SMARTS) is 1. The number of carbonyl (C=O) groups is 1. The van der Waals surface area contributed by atoms with Gasteiger partial charge in [-0.3, -0.25) is 4.79 Å². The van der Waals surface area contributed by atoms with Gasteiger partial charge in [0.25, 0.3) is 0 Å². The first-order valence-electron chi connectivity index (χ1n) is 8.64. The fourth-order valence-corrected chi connectivity index (χ4v) is 2.35. The summed E-state index contributed by atoms with van der Waals surface area (Å²) >= 11 is 0. The van der Waals surface area contributed by atoms with Crippen LogP contribution in [0.5, 0.6) is 0 Å². The van der Waals surface area contributed by atoms with E-state index >= 15 is 0 Å².